The summed E-state index contributed by atoms with van der Waals surface area (Å²) in [5, 5.41) is 3.42. The van der Waals surface area contributed by atoms with Gasteiger partial charge in [0.2, 0.25) is 0 Å². The summed E-state index contributed by atoms with van der Waals surface area (Å²) in [4.78, 5) is 0. The smallest absolute Gasteiger partial charge is 0.0161 e. The van der Waals surface area contributed by atoms with Gasteiger partial charge in [0, 0.05) is 12.6 Å². The van der Waals surface area contributed by atoms with Crippen LogP contribution in [0.4, 0.5) is 0 Å². The highest BCUT2D eigenvalue weighted by atomic mass is 14.9. The van der Waals surface area contributed by atoms with Crippen LogP contribution in [0.5, 0.6) is 0 Å². The molecule has 0 unspecified atom stereocenters. The standard InChI is InChI=1S/C8H15N/c1-7(2)6-9-8-4-3-5-8/h8-9H,1,3-6H2,2H3. The van der Waals surface area contributed by atoms with Crippen molar-refractivity contribution in [2.45, 2.75) is 32.2 Å². The van der Waals surface area contributed by atoms with E-state index < -0.39 is 0 Å². The molecule has 1 heteroatoms. The Labute approximate surface area is 57.1 Å². The molecule has 0 saturated heterocycles. The van der Waals surface area contributed by atoms with Gasteiger partial charge in [-0.1, -0.05) is 18.6 Å². The van der Waals surface area contributed by atoms with Gasteiger partial charge in [0.25, 0.3) is 0 Å². The van der Waals surface area contributed by atoms with Crippen molar-refractivity contribution in [1.82, 2.24) is 5.32 Å². The molecule has 1 rings (SSSR count). The largest absolute Gasteiger partial charge is 0.310 e. The highest BCUT2D eigenvalue weighted by Crippen LogP contribution is 2.17. The van der Waals surface area contributed by atoms with Gasteiger partial charge in [-0.05, 0) is 19.8 Å². The third-order valence-corrected chi connectivity index (χ3v) is 1.80. The van der Waals surface area contributed by atoms with Gasteiger partial charge < -0.3 is 5.32 Å². The molecule has 0 amide bonds. The third kappa shape index (κ3) is 2.19. The molecular weight excluding hydrogens is 110 g/mol. The molecule has 0 aromatic rings. The quantitative estimate of drug-likeness (QED) is 0.566. The summed E-state index contributed by atoms with van der Waals surface area (Å²) in [6.45, 7) is 6.89. The summed E-state index contributed by atoms with van der Waals surface area (Å²) in [5.41, 5.74) is 1.24. The molecular formula is C8H15N. The van der Waals surface area contributed by atoms with E-state index in [9.17, 15) is 0 Å². The van der Waals surface area contributed by atoms with Crippen LogP contribution in [0.1, 0.15) is 26.2 Å². The fourth-order valence-electron chi connectivity index (χ4n) is 0.931. The SMILES string of the molecule is C=C(C)CNC1CCC1. The molecule has 1 nitrogen and oxygen atoms in total. The van der Waals surface area contributed by atoms with Crippen LogP contribution < -0.4 is 5.32 Å². The minimum absolute atomic E-state index is 0.807. The Bertz CT molecular complexity index is 103. The summed E-state index contributed by atoms with van der Waals surface area (Å²) in [6.07, 6.45) is 4.15. The molecule has 0 atom stereocenters. The van der Waals surface area contributed by atoms with Crippen LogP contribution in [-0.2, 0) is 0 Å². The highest BCUT2D eigenvalue weighted by Gasteiger charge is 2.15. The predicted octanol–water partition coefficient (Wildman–Crippen LogP) is 1.70. The minimum Gasteiger partial charge on any atom is -0.310 e. The van der Waals surface area contributed by atoms with E-state index in [1.54, 1.807) is 0 Å². The zero-order valence-corrected chi connectivity index (χ0v) is 6.11. The molecule has 0 radical (unpaired) electrons. The van der Waals surface area contributed by atoms with Gasteiger partial charge in [-0.15, -0.1) is 0 Å². The fraction of sp³-hybridized carbons (Fsp3) is 0.750. The Morgan fingerprint density at radius 1 is 1.67 bits per heavy atom. The second-order valence-electron chi connectivity index (χ2n) is 2.97. The van der Waals surface area contributed by atoms with Crippen molar-refractivity contribution < 1.29 is 0 Å². The maximum atomic E-state index is 3.82. The average molecular weight is 125 g/mol. The molecule has 0 aliphatic heterocycles. The van der Waals surface area contributed by atoms with Gasteiger partial charge in [-0.3, -0.25) is 0 Å². The first-order valence-corrected chi connectivity index (χ1v) is 3.67. The van der Waals surface area contributed by atoms with E-state index in [0.29, 0.717) is 0 Å². The number of hydrogen-bond donors (Lipinski definition) is 1. The van der Waals surface area contributed by atoms with E-state index in [-0.39, 0.29) is 0 Å². The lowest BCUT2D eigenvalue weighted by Crippen LogP contribution is -2.35. The van der Waals surface area contributed by atoms with Crippen molar-refractivity contribution in [3.63, 3.8) is 0 Å². The van der Waals surface area contributed by atoms with Gasteiger partial charge in [0.05, 0.1) is 0 Å². The summed E-state index contributed by atoms with van der Waals surface area (Å²) in [6, 6.07) is 0.807. The molecule has 1 aliphatic rings. The van der Waals surface area contributed by atoms with Crippen LogP contribution in [-0.4, -0.2) is 12.6 Å². The van der Waals surface area contributed by atoms with Crippen molar-refractivity contribution in [2.24, 2.45) is 0 Å². The van der Waals surface area contributed by atoms with Gasteiger partial charge in [0.1, 0.15) is 0 Å². The van der Waals surface area contributed by atoms with Gasteiger partial charge >= 0.3 is 0 Å². The van der Waals surface area contributed by atoms with Crippen LogP contribution in [0.2, 0.25) is 0 Å². The molecule has 52 valence electrons. The maximum Gasteiger partial charge on any atom is 0.0161 e. The Morgan fingerprint density at radius 3 is 2.67 bits per heavy atom. The fourth-order valence-corrected chi connectivity index (χ4v) is 0.931. The normalized spacial score (nSPS) is 19.2. The molecule has 1 N–H and O–H groups in total. The lowest BCUT2D eigenvalue weighted by Gasteiger charge is -2.26. The van der Waals surface area contributed by atoms with Crippen molar-refractivity contribution in [3.8, 4) is 0 Å². The van der Waals surface area contributed by atoms with Gasteiger partial charge in [0.15, 0.2) is 0 Å². The van der Waals surface area contributed by atoms with Crippen LogP contribution >= 0.6 is 0 Å². The van der Waals surface area contributed by atoms with Crippen LogP contribution in [0.3, 0.4) is 0 Å². The number of rotatable bonds is 3. The number of hydrogen-bond acceptors (Lipinski definition) is 1. The first-order chi connectivity index (χ1) is 4.29. The van der Waals surface area contributed by atoms with Gasteiger partial charge in [-0.2, -0.15) is 0 Å². The monoisotopic (exact) mass is 125 g/mol. The first kappa shape index (κ1) is 6.81. The first-order valence-electron chi connectivity index (χ1n) is 3.67. The van der Waals surface area contributed by atoms with Crippen LogP contribution in [0.15, 0.2) is 12.2 Å². The zero-order chi connectivity index (χ0) is 6.69. The van der Waals surface area contributed by atoms with Crippen LogP contribution in [0, 0.1) is 0 Å². The lowest BCUT2D eigenvalue weighted by atomic mass is 9.93. The molecule has 1 fully saturated rings. The van der Waals surface area contributed by atoms with Crippen LogP contribution in [0.25, 0.3) is 0 Å². The van der Waals surface area contributed by atoms with Crippen molar-refractivity contribution in [2.75, 3.05) is 6.54 Å². The predicted molar refractivity (Wildman–Crippen MR) is 40.5 cm³/mol. The molecule has 0 spiro atoms. The van der Waals surface area contributed by atoms with E-state index in [1.807, 2.05) is 0 Å². The summed E-state index contributed by atoms with van der Waals surface area (Å²) < 4.78 is 0. The molecule has 1 aliphatic carbocycles. The maximum absolute atomic E-state index is 3.82. The Hall–Kier alpha value is -0.300. The Balaban J connectivity index is 1.97. The average Bonchev–Trinajstić information content (AvgIpc) is 1.60. The topological polar surface area (TPSA) is 12.0 Å². The molecule has 9 heavy (non-hydrogen) atoms. The molecule has 1 saturated carbocycles. The van der Waals surface area contributed by atoms with Crippen molar-refractivity contribution in [1.29, 1.82) is 0 Å². The van der Waals surface area contributed by atoms with E-state index >= 15 is 0 Å². The zero-order valence-electron chi connectivity index (χ0n) is 6.11. The minimum atomic E-state index is 0.807. The molecule has 0 aromatic heterocycles. The lowest BCUT2D eigenvalue weighted by molar-refractivity contribution is 0.349. The highest BCUT2D eigenvalue weighted by molar-refractivity contribution is 4.92. The molecule has 0 bridgehead atoms. The van der Waals surface area contributed by atoms with E-state index in [2.05, 4.69) is 18.8 Å². The Kier molecular flexibility index (Phi) is 2.29. The van der Waals surface area contributed by atoms with E-state index in [1.165, 1.54) is 24.8 Å². The second kappa shape index (κ2) is 3.02. The molecule has 0 aromatic carbocycles. The second-order valence-corrected chi connectivity index (χ2v) is 2.97. The van der Waals surface area contributed by atoms with E-state index in [0.717, 1.165) is 12.6 Å². The number of nitrogens with one attached hydrogen (secondary N) is 1. The summed E-state index contributed by atoms with van der Waals surface area (Å²) >= 11 is 0. The third-order valence-electron chi connectivity index (χ3n) is 1.80. The van der Waals surface area contributed by atoms with Crippen molar-refractivity contribution >= 4 is 0 Å². The summed E-state index contributed by atoms with van der Waals surface area (Å²) in [7, 11) is 0. The summed E-state index contributed by atoms with van der Waals surface area (Å²) in [5.74, 6) is 0. The Morgan fingerprint density at radius 2 is 2.33 bits per heavy atom. The van der Waals surface area contributed by atoms with Gasteiger partial charge in [-0.25, -0.2) is 0 Å². The molecule has 0 heterocycles. The van der Waals surface area contributed by atoms with E-state index in [4.69, 9.17) is 0 Å². The van der Waals surface area contributed by atoms with Crippen molar-refractivity contribution in [3.05, 3.63) is 12.2 Å².